The van der Waals surface area contributed by atoms with E-state index in [9.17, 15) is 8.78 Å². The van der Waals surface area contributed by atoms with E-state index in [4.69, 9.17) is 0 Å². The Hall–Kier alpha value is -0.480. The summed E-state index contributed by atoms with van der Waals surface area (Å²) in [6, 6.07) is 2.45. The molecule has 0 spiro atoms. The van der Waals surface area contributed by atoms with Crippen molar-refractivity contribution in [1.82, 2.24) is 5.32 Å². The summed E-state index contributed by atoms with van der Waals surface area (Å²) >= 11 is 3.22. The van der Waals surface area contributed by atoms with Gasteiger partial charge in [-0.2, -0.15) is 0 Å². The minimum atomic E-state index is -0.803. The number of hydrogen-bond donors (Lipinski definition) is 1. The van der Waals surface area contributed by atoms with Gasteiger partial charge in [-0.1, -0.05) is 15.9 Å². The predicted octanol–water partition coefficient (Wildman–Crippen LogP) is 2.41. The van der Waals surface area contributed by atoms with Crippen LogP contribution >= 0.6 is 15.9 Å². The molecule has 0 aromatic heterocycles. The van der Waals surface area contributed by atoms with Crippen LogP contribution in [0.5, 0.6) is 0 Å². The Bertz CT molecular complexity index is 337. The Morgan fingerprint density at radius 1 is 1.23 bits per heavy atom. The van der Waals surface area contributed by atoms with E-state index in [0.29, 0.717) is 10.4 Å². The van der Waals surface area contributed by atoms with E-state index in [0.717, 1.165) is 18.7 Å². The van der Waals surface area contributed by atoms with Gasteiger partial charge in [-0.15, -0.1) is 0 Å². The molecule has 1 aliphatic heterocycles. The van der Waals surface area contributed by atoms with E-state index >= 15 is 0 Å². The highest BCUT2D eigenvalue weighted by Gasteiger charge is 2.22. The first-order valence-corrected chi connectivity index (χ1v) is 4.83. The third-order valence-corrected chi connectivity index (χ3v) is 2.95. The Labute approximate surface area is 83.3 Å². The molecule has 0 saturated carbocycles. The fraction of sp³-hybridized carbons (Fsp3) is 0.333. The molecule has 1 heterocycles. The summed E-state index contributed by atoms with van der Waals surface area (Å²) in [6.07, 6.45) is 0. The molecule has 1 aromatic carbocycles. The van der Waals surface area contributed by atoms with Gasteiger partial charge in [0.1, 0.15) is 0 Å². The zero-order valence-electron chi connectivity index (χ0n) is 6.78. The fourth-order valence-electron chi connectivity index (χ4n) is 1.36. The highest BCUT2D eigenvalue weighted by atomic mass is 79.9. The molecule has 70 valence electrons. The number of rotatable bonds is 1. The monoisotopic (exact) mass is 247 g/mol. The highest BCUT2D eigenvalue weighted by Crippen LogP contribution is 2.29. The Morgan fingerprint density at radius 3 is 2.38 bits per heavy atom. The van der Waals surface area contributed by atoms with Crippen LogP contribution in [0.3, 0.4) is 0 Å². The van der Waals surface area contributed by atoms with Gasteiger partial charge < -0.3 is 5.32 Å². The molecule has 1 fully saturated rings. The molecule has 2 rings (SSSR count). The van der Waals surface area contributed by atoms with E-state index in [-0.39, 0.29) is 0 Å². The Kier molecular flexibility index (Phi) is 2.34. The molecular formula is C9H8BrF2N. The lowest BCUT2D eigenvalue weighted by Gasteiger charge is -2.28. The minimum absolute atomic E-state index is 0.310. The standard InChI is InChI=1S/C9H8BrF2N/c10-7-2-9(12)8(11)1-6(7)5-3-13-4-5/h1-2,5,13H,3-4H2. The summed E-state index contributed by atoms with van der Waals surface area (Å²) in [5.41, 5.74) is 0.845. The lowest BCUT2D eigenvalue weighted by Crippen LogP contribution is -2.40. The largest absolute Gasteiger partial charge is 0.315 e. The summed E-state index contributed by atoms with van der Waals surface area (Å²) in [5.74, 6) is -1.27. The zero-order chi connectivity index (χ0) is 9.42. The van der Waals surface area contributed by atoms with Crippen molar-refractivity contribution in [3.05, 3.63) is 33.8 Å². The van der Waals surface area contributed by atoms with Gasteiger partial charge in [-0.3, -0.25) is 0 Å². The fourth-order valence-corrected chi connectivity index (χ4v) is 2.00. The van der Waals surface area contributed by atoms with Gasteiger partial charge in [-0.05, 0) is 17.7 Å². The first-order chi connectivity index (χ1) is 6.18. The van der Waals surface area contributed by atoms with Gasteiger partial charge in [-0.25, -0.2) is 8.78 Å². The normalized spacial score (nSPS) is 17.2. The van der Waals surface area contributed by atoms with Crippen LogP contribution in [-0.4, -0.2) is 13.1 Å². The van der Waals surface area contributed by atoms with Crippen molar-refractivity contribution in [2.24, 2.45) is 0 Å². The van der Waals surface area contributed by atoms with Gasteiger partial charge in [0.2, 0.25) is 0 Å². The maximum Gasteiger partial charge on any atom is 0.159 e. The summed E-state index contributed by atoms with van der Waals surface area (Å²) in [7, 11) is 0. The van der Waals surface area contributed by atoms with Gasteiger partial charge in [0.05, 0.1) is 0 Å². The van der Waals surface area contributed by atoms with E-state index in [1.807, 2.05) is 0 Å². The van der Waals surface area contributed by atoms with Crippen molar-refractivity contribution in [3.8, 4) is 0 Å². The SMILES string of the molecule is Fc1cc(Br)c(C2CNC2)cc1F. The van der Waals surface area contributed by atoms with Crippen molar-refractivity contribution in [2.75, 3.05) is 13.1 Å². The van der Waals surface area contributed by atoms with Crippen LogP contribution in [0.4, 0.5) is 8.78 Å². The van der Waals surface area contributed by atoms with Crippen LogP contribution in [0.15, 0.2) is 16.6 Å². The summed E-state index contributed by atoms with van der Waals surface area (Å²) in [6.45, 7) is 1.67. The van der Waals surface area contributed by atoms with Gasteiger partial charge in [0.25, 0.3) is 0 Å². The van der Waals surface area contributed by atoms with Crippen molar-refractivity contribution in [2.45, 2.75) is 5.92 Å². The quantitative estimate of drug-likeness (QED) is 0.752. The lowest BCUT2D eigenvalue weighted by atomic mass is 9.94. The average Bonchev–Trinajstić information content (AvgIpc) is 1.96. The molecular weight excluding hydrogens is 240 g/mol. The van der Waals surface area contributed by atoms with Crippen LogP contribution in [0, 0.1) is 11.6 Å². The van der Waals surface area contributed by atoms with Crippen LogP contribution < -0.4 is 5.32 Å². The minimum Gasteiger partial charge on any atom is -0.315 e. The maximum absolute atomic E-state index is 12.9. The molecule has 0 unspecified atom stereocenters. The first-order valence-electron chi connectivity index (χ1n) is 4.03. The Morgan fingerprint density at radius 2 is 1.85 bits per heavy atom. The van der Waals surface area contributed by atoms with Crippen LogP contribution in [-0.2, 0) is 0 Å². The van der Waals surface area contributed by atoms with Crippen molar-refractivity contribution in [1.29, 1.82) is 0 Å². The van der Waals surface area contributed by atoms with Crippen LogP contribution in [0.2, 0.25) is 0 Å². The van der Waals surface area contributed by atoms with Gasteiger partial charge in [0, 0.05) is 23.5 Å². The summed E-state index contributed by atoms with van der Waals surface area (Å²) in [4.78, 5) is 0. The average molecular weight is 248 g/mol. The number of nitrogens with one attached hydrogen (secondary N) is 1. The molecule has 0 radical (unpaired) electrons. The smallest absolute Gasteiger partial charge is 0.159 e. The van der Waals surface area contributed by atoms with E-state index < -0.39 is 11.6 Å². The molecule has 0 aliphatic carbocycles. The van der Waals surface area contributed by atoms with Gasteiger partial charge in [0.15, 0.2) is 11.6 Å². The van der Waals surface area contributed by atoms with E-state index in [1.54, 1.807) is 0 Å². The predicted molar refractivity (Wildman–Crippen MR) is 49.7 cm³/mol. The van der Waals surface area contributed by atoms with Crippen molar-refractivity contribution < 1.29 is 8.78 Å². The third kappa shape index (κ3) is 1.60. The van der Waals surface area contributed by atoms with E-state index in [2.05, 4.69) is 21.2 Å². The second-order valence-electron chi connectivity index (χ2n) is 3.14. The second kappa shape index (κ2) is 3.35. The molecule has 13 heavy (non-hydrogen) atoms. The summed E-state index contributed by atoms with van der Waals surface area (Å²) < 4.78 is 26.2. The third-order valence-electron chi connectivity index (χ3n) is 2.26. The first kappa shape index (κ1) is 9.09. The van der Waals surface area contributed by atoms with Crippen LogP contribution in [0.25, 0.3) is 0 Å². The van der Waals surface area contributed by atoms with Gasteiger partial charge >= 0.3 is 0 Å². The second-order valence-corrected chi connectivity index (χ2v) is 4.00. The maximum atomic E-state index is 12.9. The molecule has 1 aliphatic rings. The molecule has 1 saturated heterocycles. The molecule has 0 amide bonds. The molecule has 0 bridgehead atoms. The lowest BCUT2D eigenvalue weighted by molar-refractivity contribution is 0.440. The molecule has 1 N–H and O–H groups in total. The topological polar surface area (TPSA) is 12.0 Å². The zero-order valence-corrected chi connectivity index (χ0v) is 8.37. The van der Waals surface area contributed by atoms with Crippen molar-refractivity contribution >= 4 is 15.9 Å². The molecule has 1 nitrogen and oxygen atoms in total. The number of benzene rings is 1. The molecule has 0 atom stereocenters. The van der Waals surface area contributed by atoms with Crippen molar-refractivity contribution in [3.63, 3.8) is 0 Å². The highest BCUT2D eigenvalue weighted by molar-refractivity contribution is 9.10. The Balaban J connectivity index is 2.39. The molecule has 1 aromatic rings. The summed E-state index contributed by atoms with van der Waals surface area (Å²) in [5, 5.41) is 3.08. The van der Waals surface area contributed by atoms with Crippen LogP contribution in [0.1, 0.15) is 11.5 Å². The number of halogens is 3. The molecule has 4 heteroatoms. The van der Waals surface area contributed by atoms with E-state index in [1.165, 1.54) is 12.1 Å². The number of hydrogen-bond acceptors (Lipinski definition) is 1.